The maximum Gasteiger partial charge on any atom is 0.223 e. The number of nitrogens with zero attached hydrogens (tertiary/aromatic N) is 1. The molecule has 1 aliphatic carbocycles. The molecule has 4 atom stereocenters. The molecule has 1 amide bonds. The number of carbonyl (C=O) groups is 1. The SMILES string of the molecule is CC(CN1CCCCC1)NC(=O)C1CCC(N)C(C)C1. The summed E-state index contributed by atoms with van der Waals surface area (Å²) in [7, 11) is 0. The van der Waals surface area contributed by atoms with E-state index in [0.29, 0.717) is 5.92 Å². The Kier molecular flexibility index (Phi) is 5.85. The first-order valence-electron chi connectivity index (χ1n) is 8.34. The first kappa shape index (κ1) is 15.8. The minimum atomic E-state index is 0.175. The third-order valence-corrected chi connectivity index (χ3v) is 4.98. The van der Waals surface area contributed by atoms with Gasteiger partial charge in [-0.3, -0.25) is 4.79 Å². The Bertz CT molecular complexity index is 315. The van der Waals surface area contributed by atoms with Gasteiger partial charge in [-0.15, -0.1) is 0 Å². The third kappa shape index (κ3) is 4.45. The molecule has 4 unspecified atom stereocenters. The van der Waals surface area contributed by atoms with Crippen molar-refractivity contribution >= 4 is 5.91 Å². The zero-order valence-electron chi connectivity index (χ0n) is 13.1. The van der Waals surface area contributed by atoms with Gasteiger partial charge in [0.1, 0.15) is 0 Å². The summed E-state index contributed by atoms with van der Waals surface area (Å²) in [4.78, 5) is 14.8. The number of hydrogen-bond acceptors (Lipinski definition) is 3. The second-order valence-corrected chi connectivity index (χ2v) is 6.92. The molecule has 0 spiro atoms. The van der Waals surface area contributed by atoms with Crippen molar-refractivity contribution in [1.82, 2.24) is 10.2 Å². The van der Waals surface area contributed by atoms with Crippen LogP contribution >= 0.6 is 0 Å². The fourth-order valence-electron chi connectivity index (χ4n) is 3.59. The van der Waals surface area contributed by atoms with E-state index >= 15 is 0 Å². The average Bonchev–Trinajstić information content (AvgIpc) is 2.42. The summed E-state index contributed by atoms with van der Waals surface area (Å²) in [5.41, 5.74) is 6.03. The largest absolute Gasteiger partial charge is 0.352 e. The molecule has 3 N–H and O–H groups in total. The minimum Gasteiger partial charge on any atom is -0.352 e. The number of piperidine rings is 1. The summed E-state index contributed by atoms with van der Waals surface area (Å²) in [6, 6.07) is 0.538. The molecular weight excluding hydrogens is 250 g/mol. The zero-order valence-corrected chi connectivity index (χ0v) is 13.1. The molecule has 4 nitrogen and oxygen atoms in total. The summed E-state index contributed by atoms with van der Waals surface area (Å²) in [5.74, 6) is 0.888. The van der Waals surface area contributed by atoms with E-state index in [1.165, 1.54) is 32.4 Å². The Morgan fingerprint density at radius 1 is 1.30 bits per heavy atom. The van der Waals surface area contributed by atoms with Crippen LogP contribution in [-0.4, -0.2) is 42.5 Å². The Balaban J connectivity index is 1.73. The zero-order chi connectivity index (χ0) is 14.5. The van der Waals surface area contributed by atoms with E-state index in [4.69, 9.17) is 5.73 Å². The van der Waals surface area contributed by atoms with Gasteiger partial charge in [0.15, 0.2) is 0 Å². The third-order valence-electron chi connectivity index (χ3n) is 4.98. The molecule has 4 heteroatoms. The van der Waals surface area contributed by atoms with Gasteiger partial charge in [0.2, 0.25) is 5.91 Å². The monoisotopic (exact) mass is 281 g/mol. The molecule has 116 valence electrons. The smallest absolute Gasteiger partial charge is 0.223 e. The van der Waals surface area contributed by atoms with Crippen LogP contribution in [0.2, 0.25) is 0 Å². The fraction of sp³-hybridized carbons (Fsp3) is 0.938. The molecule has 0 radical (unpaired) electrons. The van der Waals surface area contributed by atoms with Crippen LogP contribution in [-0.2, 0) is 4.79 Å². The number of rotatable bonds is 4. The number of amides is 1. The molecule has 2 rings (SSSR count). The summed E-state index contributed by atoms with van der Waals surface area (Å²) in [5, 5.41) is 3.21. The van der Waals surface area contributed by atoms with Gasteiger partial charge in [-0.25, -0.2) is 0 Å². The number of nitrogens with one attached hydrogen (secondary N) is 1. The van der Waals surface area contributed by atoms with Crippen LogP contribution in [0.4, 0.5) is 0 Å². The molecule has 20 heavy (non-hydrogen) atoms. The lowest BCUT2D eigenvalue weighted by molar-refractivity contribution is -0.127. The van der Waals surface area contributed by atoms with Gasteiger partial charge < -0.3 is 16.0 Å². The second kappa shape index (κ2) is 7.41. The predicted molar refractivity (Wildman–Crippen MR) is 82.4 cm³/mol. The maximum atomic E-state index is 12.3. The van der Waals surface area contributed by atoms with Gasteiger partial charge in [-0.05, 0) is 58.0 Å². The molecular formula is C16H31N3O. The maximum absolute atomic E-state index is 12.3. The van der Waals surface area contributed by atoms with Gasteiger partial charge in [0.25, 0.3) is 0 Å². The molecule has 2 fully saturated rings. The minimum absolute atomic E-state index is 0.175. The van der Waals surface area contributed by atoms with E-state index in [1.807, 2.05) is 0 Å². The van der Waals surface area contributed by atoms with Crippen molar-refractivity contribution in [3.8, 4) is 0 Å². The number of hydrogen-bond donors (Lipinski definition) is 2. The van der Waals surface area contributed by atoms with E-state index in [1.54, 1.807) is 0 Å². The molecule has 0 aromatic carbocycles. The molecule has 1 saturated carbocycles. The van der Waals surface area contributed by atoms with Crippen LogP contribution in [0.25, 0.3) is 0 Å². The molecule has 1 saturated heterocycles. The summed E-state index contributed by atoms with van der Waals surface area (Å²) >= 11 is 0. The molecule has 0 bridgehead atoms. The predicted octanol–water partition coefficient (Wildman–Crippen LogP) is 1.74. The quantitative estimate of drug-likeness (QED) is 0.825. The van der Waals surface area contributed by atoms with Gasteiger partial charge in [0, 0.05) is 24.5 Å². The topological polar surface area (TPSA) is 58.4 Å². The van der Waals surface area contributed by atoms with Crippen molar-refractivity contribution in [3.05, 3.63) is 0 Å². The lowest BCUT2D eigenvalue weighted by Crippen LogP contribution is -2.47. The molecule has 1 heterocycles. The van der Waals surface area contributed by atoms with Crippen LogP contribution in [0.3, 0.4) is 0 Å². The van der Waals surface area contributed by atoms with Crippen molar-refractivity contribution in [2.45, 2.75) is 64.5 Å². The average molecular weight is 281 g/mol. The lowest BCUT2D eigenvalue weighted by atomic mass is 9.79. The Hall–Kier alpha value is -0.610. The van der Waals surface area contributed by atoms with E-state index in [9.17, 15) is 4.79 Å². The normalized spacial score (nSPS) is 33.6. The summed E-state index contributed by atoms with van der Waals surface area (Å²) < 4.78 is 0. The highest BCUT2D eigenvalue weighted by molar-refractivity contribution is 5.79. The van der Waals surface area contributed by atoms with E-state index < -0.39 is 0 Å². The fourth-order valence-corrected chi connectivity index (χ4v) is 3.59. The van der Waals surface area contributed by atoms with Gasteiger partial charge in [-0.1, -0.05) is 13.3 Å². The van der Waals surface area contributed by atoms with Crippen molar-refractivity contribution in [2.24, 2.45) is 17.6 Å². The van der Waals surface area contributed by atoms with E-state index in [-0.39, 0.29) is 23.9 Å². The highest BCUT2D eigenvalue weighted by atomic mass is 16.1. The van der Waals surface area contributed by atoms with Crippen molar-refractivity contribution in [3.63, 3.8) is 0 Å². The van der Waals surface area contributed by atoms with Crippen LogP contribution in [0.15, 0.2) is 0 Å². The highest BCUT2D eigenvalue weighted by Crippen LogP contribution is 2.28. The molecule has 0 aromatic rings. The Morgan fingerprint density at radius 2 is 2.00 bits per heavy atom. The molecule has 2 aliphatic rings. The Labute approximate surface area is 123 Å². The van der Waals surface area contributed by atoms with Crippen LogP contribution < -0.4 is 11.1 Å². The van der Waals surface area contributed by atoms with Gasteiger partial charge >= 0.3 is 0 Å². The first-order valence-corrected chi connectivity index (χ1v) is 8.34. The Morgan fingerprint density at radius 3 is 2.65 bits per heavy atom. The standard InChI is InChI=1S/C16H31N3O/c1-12-10-14(6-7-15(12)17)16(20)18-13(2)11-19-8-4-3-5-9-19/h12-15H,3-11,17H2,1-2H3,(H,18,20). The van der Waals surface area contributed by atoms with Crippen molar-refractivity contribution in [1.29, 1.82) is 0 Å². The van der Waals surface area contributed by atoms with Crippen LogP contribution in [0.5, 0.6) is 0 Å². The second-order valence-electron chi connectivity index (χ2n) is 6.92. The van der Waals surface area contributed by atoms with Crippen molar-refractivity contribution in [2.75, 3.05) is 19.6 Å². The van der Waals surface area contributed by atoms with Crippen molar-refractivity contribution < 1.29 is 4.79 Å². The lowest BCUT2D eigenvalue weighted by Gasteiger charge is -2.33. The number of carbonyl (C=O) groups excluding carboxylic acids is 1. The first-order chi connectivity index (χ1) is 9.56. The molecule has 0 aromatic heterocycles. The van der Waals surface area contributed by atoms with Crippen LogP contribution in [0.1, 0.15) is 52.4 Å². The van der Waals surface area contributed by atoms with Gasteiger partial charge in [0.05, 0.1) is 0 Å². The highest BCUT2D eigenvalue weighted by Gasteiger charge is 2.30. The van der Waals surface area contributed by atoms with Crippen LogP contribution in [0, 0.1) is 11.8 Å². The summed E-state index contributed by atoms with van der Waals surface area (Å²) in [6.07, 6.45) is 6.85. The van der Waals surface area contributed by atoms with Gasteiger partial charge in [-0.2, -0.15) is 0 Å². The molecule has 1 aliphatic heterocycles. The van der Waals surface area contributed by atoms with E-state index in [2.05, 4.69) is 24.1 Å². The number of likely N-dealkylation sites (tertiary alicyclic amines) is 1. The summed E-state index contributed by atoms with van der Waals surface area (Å²) in [6.45, 7) is 7.67. The number of nitrogens with two attached hydrogens (primary N) is 1. The van der Waals surface area contributed by atoms with E-state index in [0.717, 1.165) is 25.8 Å².